The molecule has 4 aromatic rings. The maximum atomic E-state index is 5.82. The van der Waals surface area contributed by atoms with E-state index in [4.69, 9.17) is 4.74 Å². The van der Waals surface area contributed by atoms with Crippen LogP contribution in [-0.4, -0.2) is 21.4 Å². The van der Waals surface area contributed by atoms with E-state index in [9.17, 15) is 0 Å². The van der Waals surface area contributed by atoms with E-state index in [2.05, 4.69) is 91.0 Å². The molecule has 32 heavy (non-hydrogen) atoms. The SMILES string of the molecule is CCCCOc1ccc(-c2nnc(-c3ccc(C(C)(C)C)cc3)n2-c2ccccc2)cc1. The molecular formula is C28H31N3O. The first-order valence-electron chi connectivity index (χ1n) is 11.3. The Hall–Kier alpha value is -3.40. The van der Waals surface area contributed by atoms with Crippen molar-refractivity contribution in [3.63, 3.8) is 0 Å². The van der Waals surface area contributed by atoms with Gasteiger partial charge >= 0.3 is 0 Å². The maximum Gasteiger partial charge on any atom is 0.168 e. The number of ether oxygens (including phenoxy) is 1. The standard InChI is InChI=1S/C28H31N3O/c1-5-6-20-32-25-18-14-22(15-19-25)27-30-29-26(31(27)24-10-8-7-9-11-24)21-12-16-23(17-13-21)28(2,3)4/h7-19H,5-6,20H2,1-4H3. The lowest BCUT2D eigenvalue weighted by molar-refractivity contribution is 0.309. The van der Waals surface area contributed by atoms with Gasteiger partial charge in [-0.25, -0.2) is 0 Å². The fourth-order valence-electron chi connectivity index (χ4n) is 3.63. The van der Waals surface area contributed by atoms with E-state index in [1.54, 1.807) is 0 Å². The lowest BCUT2D eigenvalue weighted by Gasteiger charge is -2.19. The van der Waals surface area contributed by atoms with Crippen LogP contribution in [0.15, 0.2) is 78.9 Å². The Bertz CT molecular complexity index is 1140. The summed E-state index contributed by atoms with van der Waals surface area (Å²) in [5, 5.41) is 9.18. The van der Waals surface area contributed by atoms with Crippen LogP contribution in [0.25, 0.3) is 28.5 Å². The first-order valence-corrected chi connectivity index (χ1v) is 11.3. The predicted octanol–water partition coefficient (Wildman–Crippen LogP) is 7.08. The van der Waals surface area contributed by atoms with E-state index in [0.717, 1.165) is 53.7 Å². The van der Waals surface area contributed by atoms with Gasteiger partial charge < -0.3 is 4.74 Å². The summed E-state index contributed by atoms with van der Waals surface area (Å²) in [6, 6.07) is 27.0. The van der Waals surface area contributed by atoms with Gasteiger partial charge in [-0.2, -0.15) is 0 Å². The van der Waals surface area contributed by atoms with E-state index in [0.29, 0.717) is 0 Å². The number of hydrogen-bond donors (Lipinski definition) is 0. The molecule has 4 heteroatoms. The van der Waals surface area contributed by atoms with Gasteiger partial charge in [-0.05, 0) is 53.8 Å². The number of benzene rings is 3. The summed E-state index contributed by atoms with van der Waals surface area (Å²) in [6.45, 7) is 9.58. The molecule has 0 spiro atoms. The highest BCUT2D eigenvalue weighted by molar-refractivity contribution is 5.67. The van der Waals surface area contributed by atoms with Crippen LogP contribution in [0, 0.1) is 0 Å². The zero-order valence-corrected chi connectivity index (χ0v) is 19.4. The highest BCUT2D eigenvalue weighted by atomic mass is 16.5. The van der Waals surface area contributed by atoms with Gasteiger partial charge in [0.15, 0.2) is 11.6 Å². The average molecular weight is 426 g/mol. The summed E-state index contributed by atoms with van der Waals surface area (Å²) >= 11 is 0. The molecule has 1 aromatic heterocycles. The summed E-state index contributed by atoms with van der Waals surface area (Å²) in [6.07, 6.45) is 2.18. The minimum Gasteiger partial charge on any atom is -0.494 e. The number of nitrogens with zero attached hydrogens (tertiary/aromatic N) is 3. The minimum absolute atomic E-state index is 0.109. The van der Waals surface area contributed by atoms with Crippen molar-refractivity contribution in [1.29, 1.82) is 0 Å². The highest BCUT2D eigenvalue weighted by Gasteiger charge is 2.19. The van der Waals surface area contributed by atoms with E-state index in [-0.39, 0.29) is 5.41 Å². The molecule has 3 aromatic carbocycles. The number of hydrogen-bond acceptors (Lipinski definition) is 3. The van der Waals surface area contributed by atoms with Crippen LogP contribution in [-0.2, 0) is 5.41 Å². The molecule has 4 nitrogen and oxygen atoms in total. The van der Waals surface area contributed by atoms with Crippen molar-refractivity contribution in [3.05, 3.63) is 84.4 Å². The van der Waals surface area contributed by atoms with Gasteiger partial charge in [-0.1, -0.05) is 76.6 Å². The first kappa shape index (κ1) is 21.8. The molecule has 0 bridgehead atoms. The molecule has 0 atom stereocenters. The lowest BCUT2D eigenvalue weighted by atomic mass is 9.86. The van der Waals surface area contributed by atoms with Crippen molar-refractivity contribution in [2.75, 3.05) is 6.61 Å². The Morgan fingerprint density at radius 2 is 1.31 bits per heavy atom. The number of aromatic nitrogens is 3. The van der Waals surface area contributed by atoms with Crippen molar-refractivity contribution in [2.45, 2.75) is 46.0 Å². The third-order valence-corrected chi connectivity index (χ3v) is 5.57. The van der Waals surface area contributed by atoms with Crippen molar-refractivity contribution >= 4 is 0 Å². The second-order valence-electron chi connectivity index (χ2n) is 9.07. The summed E-state index contributed by atoms with van der Waals surface area (Å²) in [4.78, 5) is 0. The van der Waals surface area contributed by atoms with Crippen LogP contribution in [0.1, 0.15) is 46.1 Å². The molecule has 0 radical (unpaired) electrons. The largest absolute Gasteiger partial charge is 0.494 e. The highest BCUT2D eigenvalue weighted by Crippen LogP contribution is 2.31. The van der Waals surface area contributed by atoms with Gasteiger partial charge in [-0.15, -0.1) is 10.2 Å². The van der Waals surface area contributed by atoms with Gasteiger partial charge in [0.25, 0.3) is 0 Å². The molecule has 0 unspecified atom stereocenters. The fraction of sp³-hybridized carbons (Fsp3) is 0.286. The monoisotopic (exact) mass is 425 g/mol. The lowest BCUT2D eigenvalue weighted by Crippen LogP contribution is -2.10. The summed E-state index contributed by atoms with van der Waals surface area (Å²) in [7, 11) is 0. The van der Waals surface area contributed by atoms with Crippen molar-refractivity contribution in [3.8, 4) is 34.2 Å². The molecule has 0 fully saturated rings. The predicted molar refractivity (Wildman–Crippen MR) is 131 cm³/mol. The van der Waals surface area contributed by atoms with Crippen LogP contribution < -0.4 is 4.74 Å². The van der Waals surface area contributed by atoms with Gasteiger partial charge in [0, 0.05) is 16.8 Å². The Labute approximate surface area is 190 Å². The molecule has 0 saturated carbocycles. The molecule has 0 aliphatic heterocycles. The molecule has 4 rings (SSSR count). The third kappa shape index (κ3) is 4.75. The van der Waals surface area contributed by atoms with Crippen LogP contribution >= 0.6 is 0 Å². The van der Waals surface area contributed by atoms with Crippen LogP contribution in [0.4, 0.5) is 0 Å². The molecule has 0 aliphatic rings. The zero-order valence-electron chi connectivity index (χ0n) is 19.4. The van der Waals surface area contributed by atoms with Gasteiger partial charge in [0.2, 0.25) is 0 Å². The molecular weight excluding hydrogens is 394 g/mol. The summed E-state index contributed by atoms with van der Waals surface area (Å²) in [5.41, 5.74) is 4.48. The van der Waals surface area contributed by atoms with Gasteiger partial charge in [-0.3, -0.25) is 4.57 Å². The molecule has 0 amide bonds. The van der Waals surface area contributed by atoms with E-state index in [1.165, 1.54) is 5.56 Å². The van der Waals surface area contributed by atoms with E-state index in [1.807, 2.05) is 30.3 Å². The van der Waals surface area contributed by atoms with Gasteiger partial charge in [0.05, 0.1) is 6.61 Å². The Kier molecular flexibility index (Phi) is 6.40. The normalized spacial score (nSPS) is 11.5. The summed E-state index contributed by atoms with van der Waals surface area (Å²) < 4.78 is 7.95. The Morgan fingerprint density at radius 3 is 1.84 bits per heavy atom. The molecule has 164 valence electrons. The third-order valence-electron chi connectivity index (χ3n) is 5.57. The Balaban J connectivity index is 1.74. The molecule has 1 heterocycles. The smallest absolute Gasteiger partial charge is 0.168 e. The van der Waals surface area contributed by atoms with E-state index < -0.39 is 0 Å². The number of unbranched alkanes of at least 4 members (excludes halogenated alkanes) is 1. The van der Waals surface area contributed by atoms with Crippen LogP contribution in [0.2, 0.25) is 0 Å². The quantitative estimate of drug-likeness (QED) is 0.297. The Morgan fingerprint density at radius 1 is 0.750 bits per heavy atom. The fourth-order valence-corrected chi connectivity index (χ4v) is 3.63. The van der Waals surface area contributed by atoms with Crippen LogP contribution in [0.3, 0.4) is 0 Å². The first-order chi connectivity index (χ1) is 15.5. The molecule has 0 N–H and O–H groups in total. The number of para-hydroxylation sites is 1. The van der Waals surface area contributed by atoms with Crippen molar-refractivity contribution in [1.82, 2.24) is 14.8 Å². The van der Waals surface area contributed by atoms with Crippen LogP contribution in [0.5, 0.6) is 5.75 Å². The summed E-state index contributed by atoms with van der Waals surface area (Å²) in [5.74, 6) is 2.52. The molecule has 0 aliphatic carbocycles. The zero-order chi connectivity index (χ0) is 22.6. The topological polar surface area (TPSA) is 39.9 Å². The number of rotatable bonds is 7. The maximum absolute atomic E-state index is 5.82. The average Bonchev–Trinajstić information content (AvgIpc) is 3.25. The second kappa shape index (κ2) is 9.39. The van der Waals surface area contributed by atoms with E-state index >= 15 is 0 Å². The van der Waals surface area contributed by atoms with Crippen molar-refractivity contribution in [2.24, 2.45) is 0 Å². The second-order valence-corrected chi connectivity index (χ2v) is 9.07. The minimum atomic E-state index is 0.109. The van der Waals surface area contributed by atoms with Crippen molar-refractivity contribution < 1.29 is 4.74 Å². The van der Waals surface area contributed by atoms with Gasteiger partial charge in [0.1, 0.15) is 5.75 Å². The molecule has 0 saturated heterocycles.